The molecule has 2 rings (SSSR count). The van der Waals surface area contributed by atoms with Crippen LogP contribution in [0, 0.1) is 0 Å². The van der Waals surface area contributed by atoms with Crippen molar-refractivity contribution in [3.05, 3.63) is 6.33 Å². The molecule has 2 N–H and O–H groups in total. The van der Waals surface area contributed by atoms with Crippen molar-refractivity contribution in [3.8, 4) is 0 Å². The van der Waals surface area contributed by atoms with E-state index >= 15 is 0 Å². The van der Waals surface area contributed by atoms with Gasteiger partial charge in [-0.1, -0.05) is 12.8 Å². The van der Waals surface area contributed by atoms with E-state index < -0.39 is 0 Å². The predicted molar refractivity (Wildman–Crippen MR) is 62.0 cm³/mol. The van der Waals surface area contributed by atoms with Crippen molar-refractivity contribution in [3.63, 3.8) is 0 Å². The van der Waals surface area contributed by atoms with Crippen LogP contribution < -0.4 is 5.73 Å². The third-order valence-corrected chi connectivity index (χ3v) is 2.95. The van der Waals surface area contributed by atoms with E-state index in [1.807, 2.05) is 0 Å². The number of rotatable bonds is 3. The third-order valence-electron chi connectivity index (χ3n) is 2.95. The van der Waals surface area contributed by atoms with Gasteiger partial charge in [0.05, 0.1) is 0 Å². The number of ether oxygens (including phenoxy) is 1. The Morgan fingerprint density at radius 3 is 2.71 bits per heavy atom. The summed E-state index contributed by atoms with van der Waals surface area (Å²) in [4.78, 5) is 15.4. The van der Waals surface area contributed by atoms with Gasteiger partial charge in [-0.05, 0) is 25.7 Å². The van der Waals surface area contributed by atoms with Crippen molar-refractivity contribution >= 4 is 11.9 Å². The molecule has 1 saturated carbocycles. The SMILES string of the molecule is Nc1ncn(CC(=O)OC2CCCCCC2)n1. The average Bonchev–Trinajstić information content (AvgIpc) is 2.53. The molecule has 0 aromatic carbocycles. The summed E-state index contributed by atoms with van der Waals surface area (Å²) >= 11 is 0. The molecule has 0 aliphatic heterocycles. The fourth-order valence-electron chi connectivity index (χ4n) is 2.10. The zero-order chi connectivity index (χ0) is 12.1. The first kappa shape index (κ1) is 11.9. The van der Waals surface area contributed by atoms with Gasteiger partial charge in [0.1, 0.15) is 19.0 Å². The van der Waals surface area contributed by atoms with E-state index in [9.17, 15) is 4.79 Å². The van der Waals surface area contributed by atoms with Crippen LogP contribution in [0.4, 0.5) is 5.95 Å². The molecular formula is C11H18N4O2. The summed E-state index contributed by atoms with van der Waals surface area (Å²) in [7, 11) is 0. The fraction of sp³-hybridized carbons (Fsp3) is 0.727. The molecule has 0 spiro atoms. The van der Waals surface area contributed by atoms with Gasteiger partial charge in [-0.3, -0.25) is 4.79 Å². The smallest absolute Gasteiger partial charge is 0.328 e. The second kappa shape index (κ2) is 5.65. The van der Waals surface area contributed by atoms with Gasteiger partial charge in [-0.2, -0.15) is 0 Å². The molecule has 6 heteroatoms. The number of carbonyl (C=O) groups is 1. The summed E-state index contributed by atoms with van der Waals surface area (Å²) in [6.07, 6.45) is 8.25. The van der Waals surface area contributed by atoms with Gasteiger partial charge < -0.3 is 10.5 Å². The van der Waals surface area contributed by atoms with E-state index in [0.29, 0.717) is 0 Å². The van der Waals surface area contributed by atoms with Crippen molar-refractivity contribution in [2.24, 2.45) is 0 Å². The van der Waals surface area contributed by atoms with Crippen LogP contribution in [0.2, 0.25) is 0 Å². The lowest BCUT2D eigenvalue weighted by atomic mass is 10.1. The molecule has 1 aliphatic rings. The Kier molecular flexibility index (Phi) is 3.95. The monoisotopic (exact) mass is 238 g/mol. The minimum Gasteiger partial charge on any atom is -0.461 e. The molecule has 1 heterocycles. The number of hydrogen-bond acceptors (Lipinski definition) is 5. The number of nitrogens with zero attached hydrogens (tertiary/aromatic N) is 3. The molecule has 0 bridgehead atoms. The highest BCUT2D eigenvalue weighted by Crippen LogP contribution is 2.19. The Balaban J connectivity index is 1.80. The molecule has 1 aliphatic carbocycles. The standard InChI is InChI=1S/C11H18N4O2/c12-11-13-8-15(14-11)7-10(16)17-9-5-3-1-2-4-6-9/h8-9H,1-7H2,(H2,12,14). The molecule has 0 unspecified atom stereocenters. The normalized spacial score (nSPS) is 17.6. The molecule has 1 fully saturated rings. The highest BCUT2D eigenvalue weighted by Gasteiger charge is 2.17. The van der Waals surface area contributed by atoms with Crippen LogP contribution in [0.15, 0.2) is 6.33 Å². The topological polar surface area (TPSA) is 83.0 Å². The lowest BCUT2D eigenvalue weighted by Crippen LogP contribution is -2.21. The van der Waals surface area contributed by atoms with Crippen molar-refractivity contribution in [1.29, 1.82) is 0 Å². The van der Waals surface area contributed by atoms with Crippen LogP contribution in [0.1, 0.15) is 38.5 Å². The lowest BCUT2D eigenvalue weighted by Gasteiger charge is -2.15. The van der Waals surface area contributed by atoms with Gasteiger partial charge in [0.25, 0.3) is 0 Å². The van der Waals surface area contributed by atoms with Crippen LogP contribution in [-0.4, -0.2) is 26.8 Å². The van der Waals surface area contributed by atoms with Gasteiger partial charge in [0.15, 0.2) is 0 Å². The molecule has 94 valence electrons. The average molecular weight is 238 g/mol. The van der Waals surface area contributed by atoms with Crippen molar-refractivity contribution in [2.75, 3.05) is 5.73 Å². The van der Waals surface area contributed by atoms with E-state index in [0.717, 1.165) is 25.7 Å². The van der Waals surface area contributed by atoms with Gasteiger partial charge in [0, 0.05) is 0 Å². The van der Waals surface area contributed by atoms with E-state index in [4.69, 9.17) is 10.5 Å². The number of aromatic nitrogens is 3. The summed E-state index contributed by atoms with van der Waals surface area (Å²) in [5.41, 5.74) is 5.36. The quantitative estimate of drug-likeness (QED) is 0.630. The van der Waals surface area contributed by atoms with Crippen LogP contribution in [0.5, 0.6) is 0 Å². The van der Waals surface area contributed by atoms with Gasteiger partial charge in [0.2, 0.25) is 5.95 Å². The lowest BCUT2D eigenvalue weighted by molar-refractivity contribution is -0.150. The Hall–Kier alpha value is -1.59. The maximum absolute atomic E-state index is 11.7. The Morgan fingerprint density at radius 1 is 1.41 bits per heavy atom. The van der Waals surface area contributed by atoms with Crippen molar-refractivity contribution in [2.45, 2.75) is 51.2 Å². The summed E-state index contributed by atoms with van der Waals surface area (Å²) < 4.78 is 6.81. The molecule has 0 radical (unpaired) electrons. The van der Waals surface area contributed by atoms with Gasteiger partial charge in [-0.25, -0.2) is 9.67 Å². The first-order chi connectivity index (χ1) is 8.24. The highest BCUT2D eigenvalue weighted by molar-refractivity contribution is 5.69. The Bertz CT molecular complexity index is 369. The molecule has 0 saturated heterocycles. The number of anilines is 1. The van der Waals surface area contributed by atoms with Gasteiger partial charge >= 0.3 is 5.97 Å². The van der Waals surface area contributed by atoms with E-state index in [1.54, 1.807) is 0 Å². The van der Waals surface area contributed by atoms with Crippen molar-refractivity contribution < 1.29 is 9.53 Å². The number of esters is 1. The molecule has 0 amide bonds. The van der Waals surface area contributed by atoms with Crippen LogP contribution in [-0.2, 0) is 16.1 Å². The molecule has 6 nitrogen and oxygen atoms in total. The maximum atomic E-state index is 11.7. The van der Waals surface area contributed by atoms with Crippen LogP contribution in [0.3, 0.4) is 0 Å². The first-order valence-corrected chi connectivity index (χ1v) is 6.08. The number of nitrogens with two attached hydrogens (primary N) is 1. The van der Waals surface area contributed by atoms with E-state index in [1.165, 1.54) is 23.9 Å². The summed E-state index contributed by atoms with van der Waals surface area (Å²) in [6, 6.07) is 0. The van der Waals surface area contributed by atoms with E-state index in [2.05, 4.69) is 10.1 Å². The number of nitrogen functional groups attached to an aromatic ring is 1. The maximum Gasteiger partial charge on any atom is 0.328 e. The molecule has 17 heavy (non-hydrogen) atoms. The second-order valence-corrected chi connectivity index (χ2v) is 4.40. The summed E-state index contributed by atoms with van der Waals surface area (Å²) in [5.74, 6) is -0.0888. The minimum absolute atomic E-state index is 0.0749. The molecular weight excluding hydrogens is 220 g/mol. The first-order valence-electron chi connectivity index (χ1n) is 6.08. The summed E-state index contributed by atoms with van der Waals surface area (Å²) in [6.45, 7) is 0.0840. The van der Waals surface area contributed by atoms with Crippen LogP contribution >= 0.6 is 0 Å². The number of hydrogen-bond donors (Lipinski definition) is 1. The second-order valence-electron chi connectivity index (χ2n) is 4.40. The van der Waals surface area contributed by atoms with E-state index in [-0.39, 0.29) is 24.6 Å². The molecule has 0 atom stereocenters. The third kappa shape index (κ3) is 3.72. The largest absolute Gasteiger partial charge is 0.461 e. The molecule has 1 aromatic rings. The Morgan fingerprint density at radius 2 is 2.12 bits per heavy atom. The zero-order valence-electron chi connectivity index (χ0n) is 9.84. The minimum atomic E-state index is -0.262. The molecule has 1 aromatic heterocycles. The Labute approximate surface area is 100 Å². The highest BCUT2D eigenvalue weighted by atomic mass is 16.5. The number of carbonyl (C=O) groups excluding carboxylic acids is 1. The van der Waals surface area contributed by atoms with Crippen LogP contribution in [0.25, 0.3) is 0 Å². The predicted octanol–water partition coefficient (Wildman–Crippen LogP) is 1.13. The van der Waals surface area contributed by atoms with Crippen molar-refractivity contribution in [1.82, 2.24) is 14.8 Å². The zero-order valence-corrected chi connectivity index (χ0v) is 9.84. The fourth-order valence-corrected chi connectivity index (χ4v) is 2.10. The summed E-state index contributed by atoms with van der Waals surface area (Å²) in [5, 5.41) is 3.84. The van der Waals surface area contributed by atoms with Gasteiger partial charge in [-0.15, -0.1) is 5.10 Å².